The number of hydrogen-bond acceptors (Lipinski definition) is 3. The van der Waals surface area contributed by atoms with Crippen LogP contribution in [0.3, 0.4) is 0 Å². The first-order valence-electron chi connectivity index (χ1n) is 4.52. The van der Waals surface area contributed by atoms with Gasteiger partial charge in [-0.1, -0.05) is 17.7 Å². The van der Waals surface area contributed by atoms with E-state index in [0.717, 1.165) is 0 Å². The largest absolute Gasteiger partial charge is 0.397 e. The van der Waals surface area contributed by atoms with Crippen molar-refractivity contribution in [1.82, 2.24) is 5.48 Å². The minimum absolute atomic E-state index is 0.0886. The van der Waals surface area contributed by atoms with Crippen molar-refractivity contribution in [2.45, 2.75) is 20.0 Å². The summed E-state index contributed by atoms with van der Waals surface area (Å²) in [5, 5.41) is 0.354. The van der Waals surface area contributed by atoms with Gasteiger partial charge in [0.1, 0.15) is 0 Å². The van der Waals surface area contributed by atoms with Gasteiger partial charge in [0, 0.05) is 0 Å². The summed E-state index contributed by atoms with van der Waals surface area (Å²) in [5.74, 6) is -0.399. The molecule has 0 saturated heterocycles. The average Bonchev–Trinajstić information content (AvgIpc) is 2.18. The molecule has 0 aliphatic heterocycles. The fourth-order valence-corrected chi connectivity index (χ4v) is 1.14. The van der Waals surface area contributed by atoms with Crippen molar-refractivity contribution in [3.63, 3.8) is 0 Å². The molecule has 0 radical (unpaired) electrons. The van der Waals surface area contributed by atoms with Crippen LogP contribution in [0, 0.1) is 0 Å². The van der Waals surface area contributed by atoms with Crippen LogP contribution < -0.4 is 11.2 Å². The molecule has 0 unspecified atom stereocenters. The molecular formula is C10H13ClN2O2. The average molecular weight is 229 g/mol. The molecule has 0 saturated carbocycles. The Morgan fingerprint density at radius 2 is 2.20 bits per heavy atom. The number of hydroxylamine groups is 1. The van der Waals surface area contributed by atoms with Gasteiger partial charge in [-0.2, -0.15) is 0 Å². The lowest BCUT2D eigenvalue weighted by atomic mass is 10.2. The molecule has 1 amide bonds. The van der Waals surface area contributed by atoms with E-state index in [1.54, 1.807) is 18.2 Å². The summed E-state index contributed by atoms with van der Waals surface area (Å²) < 4.78 is 0. The summed E-state index contributed by atoms with van der Waals surface area (Å²) >= 11 is 5.77. The number of halogens is 1. The molecule has 0 aliphatic rings. The van der Waals surface area contributed by atoms with Gasteiger partial charge in [0.2, 0.25) is 0 Å². The molecule has 4 nitrogen and oxygen atoms in total. The summed E-state index contributed by atoms with van der Waals surface area (Å²) in [6.45, 7) is 3.61. The highest BCUT2D eigenvalue weighted by atomic mass is 35.5. The fraction of sp³-hybridized carbons (Fsp3) is 0.300. The van der Waals surface area contributed by atoms with Gasteiger partial charge in [0.25, 0.3) is 5.91 Å². The fourth-order valence-electron chi connectivity index (χ4n) is 0.961. The van der Waals surface area contributed by atoms with Crippen molar-refractivity contribution in [3.05, 3.63) is 28.8 Å². The van der Waals surface area contributed by atoms with Gasteiger partial charge in [0.15, 0.2) is 0 Å². The zero-order chi connectivity index (χ0) is 11.4. The van der Waals surface area contributed by atoms with E-state index in [4.69, 9.17) is 22.2 Å². The molecule has 0 bridgehead atoms. The van der Waals surface area contributed by atoms with Crippen molar-refractivity contribution in [2.75, 3.05) is 5.73 Å². The van der Waals surface area contributed by atoms with Crippen LogP contribution in [0.25, 0.3) is 0 Å². The van der Waals surface area contributed by atoms with Crippen molar-refractivity contribution in [2.24, 2.45) is 0 Å². The Labute approximate surface area is 93.3 Å². The predicted octanol–water partition coefficient (Wildman–Crippen LogP) is 1.99. The number of carbonyl (C=O) groups excluding carboxylic acids is 1. The summed E-state index contributed by atoms with van der Waals surface area (Å²) in [6, 6.07) is 4.86. The monoisotopic (exact) mass is 228 g/mol. The Morgan fingerprint density at radius 1 is 1.53 bits per heavy atom. The second-order valence-electron chi connectivity index (χ2n) is 3.30. The number of nitrogens with one attached hydrogen (secondary N) is 1. The number of benzene rings is 1. The van der Waals surface area contributed by atoms with Crippen LogP contribution in [-0.2, 0) is 4.84 Å². The smallest absolute Gasteiger partial charge is 0.276 e. The number of hydrogen-bond donors (Lipinski definition) is 2. The molecule has 0 spiro atoms. The van der Waals surface area contributed by atoms with Crippen LogP contribution in [0.4, 0.5) is 5.69 Å². The maximum absolute atomic E-state index is 11.5. The topological polar surface area (TPSA) is 64.3 Å². The van der Waals surface area contributed by atoms with Crippen molar-refractivity contribution in [3.8, 4) is 0 Å². The van der Waals surface area contributed by atoms with Gasteiger partial charge in [-0.15, -0.1) is 0 Å². The Kier molecular flexibility index (Phi) is 3.94. The lowest BCUT2D eigenvalue weighted by molar-refractivity contribution is 0.000247. The van der Waals surface area contributed by atoms with E-state index in [2.05, 4.69) is 5.48 Å². The minimum Gasteiger partial charge on any atom is -0.397 e. The van der Waals surface area contributed by atoms with Crippen LogP contribution in [0.5, 0.6) is 0 Å². The van der Waals surface area contributed by atoms with Gasteiger partial charge in [-0.3, -0.25) is 9.63 Å². The maximum Gasteiger partial charge on any atom is 0.276 e. The van der Waals surface area contributed by atoms with Gasteiger partial charge >= 0.3 is 0 Å². The standard InChI is InChI=1S/C10H13ClN2O2/c1-6(2)15-13-10(14)7-4-3-5-8(11)9(7)12/h3-6H,12H2,1-2H3,(H,13,14). The third-order valence-corrected chi connectivity index (χ3v) is 2.01. The molecule has 82 valence electrons. The van der Waals surface area contributed by atoms with Gasteiger partial charge in [0.05, 0.1) is 22.4 Å². The highest BCUT2D eigenvalue weighted by Gasteiger charge is 2.11. The maximum atomic E-state index is 11.5. The number of para-hydroxylation sites is 1. The van der Waals surface area contributed by atoms with Crippen LogP contribution in [-0.4, -0.2) is 12.0 Å². The SMILES string of the molecule is CC(C)ONC(=O)c1cccc(Cl)c1N. The molecule has 0 heterocycles. The van der Waals surface area contributed by atoms with Crippen molar-refractivity contribution < 1.29 is 9.63 Å². The molecular weight excluding hydrogens is 216 g/mol. The molecule has 0 fully saturated rings. The summed E-state index contributed by atoms with van der Waals surface area (Å²) in [7, 11) is 0. The van der Waals surface area contributed by atoms with Crippen LogP contribution >= 0.6 is 11.6 Å². The molecule has 1 rings (SSSR count). The summed E-state index contributed by atoms with van der Waals surface area (Å²) in [6.07, 6.45) is -0.0886. The van der Waals surface area contributed by atoms with E-state index < -0.39 is 5.91 Å². The summed E-state index contributed by atoms with van der Waals surface area (Å²) in [5.41, 5.74) is 8.49. The number of nitrogen functional groups attached to an aromatic ring is 1. The minimum atomic E-state index is -0.399. The van der Waals surface area contributed by atoms with E-state index >= 15 is 0 Å². The number of nitrogens with two attached hydrogens (primary N) is 1. The molecule has 0 aromatic heterocycles. The van der Waals surface area contributed by atoms with Crippen LogP contribution in [0.1, 0.15) is 24.2 Å². The molecule has 0 atom stereocenters. The van der Waals surface area contributed by atoms with Gasteiger partial charge in [-0.25, -0.2) is 5.48 Å². The summed E-state index contributed by atoms with van der Waals surface area (Å²) in [4.78, 5) is 16.5. The third kappa shape index (κ3) is 3.11. The van der Waals surface area contributed by atoms with Crippen LogP contribution in [0.2, 0.25) is 5.02 Å². The Bertz CT molecular complexity index is 366. The zero-order valence-corrected chi connectivity index (χ0v) is 9.34. The highest BCUT2D eigenvalue weighted by Crippen LogP contribution is 2.22. The molecule has 1 aromatic carbocycles. The predicted molar refractivity (Wildman–Crippen MR) is 59.6 cm³/mol. The van der Waals surface area contributed by atoms with E-state index in [0.29, 0.717) is 10.6 Å². The number of carbonyl (C=O) groups is 1. The van der Waals surface area contributed by atoms with E-state index in [9.17, 15) is 4.79 Å². The molecule has 5 heteroatoms. The highest BCUT2D eigenvalue weighted by molar-refractivity contribution is 6.33. The molecule has 15 heavy (non-hydrogen) atoms. The number of amides is 1. The second kappa shape index (κ2) is 5.00. The molecule has 3 N–H and O–H groups in total. The van der Waals surface area contributed by atoms with E-state index in [1.165, 1.54) is 0 Å². The van der Waals surface area contributed by atoms with Gasteiger partial charge < -0.3 is 5.73 Å². The second-order valence-corrected chi connectivity index (χ2v) is 3.71. The first kappa shape index (κ1) is 11.8. The van der Waals surface area contributed by atoms with Crippen molar-refractivity contribution in [1.29, 1.82) is 0 Å². The lowest BCUT2D eigenvalue weighted by Crippen LogP contribution is -2.27. The third-order valence-electron chi connectivity index (χ3n) is 1.68. The Morgan fingerprint density at radius 3 is 2.80 bits per heavy atom. The van der Waals surface area contributed by atoms with E-state index in [-0.39, 0.29) is 11.8 Å². The Hall–Kier alpha value is -1.26. The van der Waals surface area contributed by atoms with Gasteiger partial charge in [-0.05, 0) is 26.0 Å². The molecule has 1 aromatic rings. The number of anilines is 1. The quantitative estimate of drug-likeness (QED) is 0.614. The van der Waals surface area contributed by atoms with Crippen molar-refractivity contribution >= 4 is 23.2 Å². The molecule has 0 aliphatic carbocycles. The Balaban J connectivity index is 2.78. The lowest BCUT2D eigenvalue weighted by Gasteiger charge is -2.10. The normalized spacial score (nSPS) is 10.4. The first-order chi connectivity index (χ1) is 7.02. The van der Waals surface area contributed by atoms with E-state index in [1.807, 2.05) is 13.8 Å². The zero-order valence-electron chi connectivity index (χ0n) is 8.58. The first-order valence-corrected chi connectivity index (χ1v) is 4.90. The number of rotatable bonds is 3. The van der Waals surface area contributed by atoms with Crippen LogP contribution in [0.15, 0.2) is 18.2 Å².